The quantitative estimate of drug-likeness (QED) is 0.358. The first-order valence-corrected chi connectivity index (χ1v) is 11.6. The standard InChI is InChI=1S/C25H25Cl2N3O/c1-25-11-5-4-7-19(25)23(25)24(31)29-28-13-17-15-30(22-8-3-2-6-18(17)22)14-16-9-10-20(26)21(27)12-16/h2-3,6,8-10,12-13,15,19,23H,4-5,7,11,14H2,1H3,(H,29,31)/b28-13-/t19-,23-,25+/m1/s1. The van der Waals surface area contributed by atoms with E-state index in [9.17, 15) is 4.79 Å². The first kappa shape index (κ1) is 20.6. The van der Waals surface area contributed by atoms with E-state index < -0.39 is 0 Å². The molecule has 2 fully saturated rings. The van der Waals surface area contributed by atoms with Gasteiger partial charge in [0.05, 0.1) is 16.3 Å². The highest BCUT2D eigenvalue weighted by atomic mass is 35.5. The molecule has 1 N–H and O–H groups in total. The van der Waals surface area contributed by atoms with Gasteiger partial charge in [-0.1, -0.05) is 67.2 Å². The number of aromatic nitrogens is 1. The van der Waals surface area contributed by atoms with Gasteiger partial charge in [0.15, 0.2) is 0 Å². The van der Waals surface area contributed by atoms with Crippen molar-refractivity contribution in [1.82, 2.24) is 9.99 Å². The molecule has 1 aromatic heterocycles. The number of nitrogens with one attached hydrogen (secondary N) is 1. The molecule has 1 heterocycles. The maximum atomic E-state index is 12.7. The van der Waals surface area contributed by atoms with Crippen molar-refractivity contribution in [3.8, 4) is 0 Å². The van der Waals surface area contributed by atoms with E-state index in [0.717, 1.165) is 28.5 Å². The molecule has 2 aromatic carbocycles. The number of halogens is 2. The number of hydrazone groups is 1. The summed E-state index contributed by atoms with van der Waals surface area (Å²) < 4.78 is 2.16. The summed E-state index contributed by atoms with van der Waals surface area (Å²) in [5.41, 5.74) is 6.12. The number of amides is 1. The summed E-state index contributed by atoms with van der Waals surface area (Å²) >= 11 is 12.2. The molecule has 2 aliphatic carbocycles. The van der Waals surface area contributed by atoms with E-state index in [1.807, 2.05) is 30.3 Å². The Kier molecular flexibility index (Phi) is 5.31. The molecular formula is C25H25Cl2N3O. The van der Waals surface area contributed by atoms with Crippen LogP contribution in [0, 0.1) is 17.3 Å². The lowest BCUT2D eigenvalue weighted by Crippen LogP contribution is -2.22. The molecule has 4 nitrogen and oxygen atoms in total. The zero-order chi connectivity index (χ0) is 21.6. The average Bonchev–Trinajstić information content (AvgIpc) is 3.26. The number of rotatable bonds is 5. The largest absolute Gasteiger partial charge is 0.342 e. The van der Waals surface area contributed by atoms with E-state index in [2.05, 4.69) is 40.3 Å². The monoisotopic (exact) mass is 453 g/mol. The Morgan fingerprint density at radius 3 is 2.84 bits per heavy atom. The minimum absolute atomic E-state index is 0.0604. The van der Waals surface area contributed by atoms with Crippen molar-refractivity contribution in [2.75, 3.05) is 0 Å². The van der Waals surface area contributed by atoms with Crippen molar-refractivity contribution >= 4 is 46.2 Å². The van der Waals surface area contributed by atoms with Crippen molar-refractivity contribution < 1.29 is 4.79 Å². The maximum absolute atomic E-state index is 12.7. The van der Waals surface area contributed by atoms with E-state index >= 15 is 0 Å². The summed E-state index contributed by atoms with van der Waals surface area (Å²) in [4.78, 5) is 12.7. The van der Waals surface area contributed by atoms with Crippen LogP contribution in [0.4, 0.5) is 0 Å². The SMILES string of the molecule is C[C@]12CCCC[C@@H]1[C@@H]2C(=O)N/N=C\c1cn(Cc2ccc(Cl)c(Cl)c2)c2ccccc12. The predicted molar refractivity (Wildman–Crippen MR) is 127 cm³/mol. The number of fused-ring (bicyclic) bond motifs is 2. The van der Waals surface area contributed by atoms with Crippen LogP contribution in [0.2, 0.25) is 10.0 Å². The van der Waals surface area contributed by atoms with Gasteiger partial charge < -0.3 is 4.57 Å². The summed E-state index contributed by atoms with van der Waals surface area (Å²) in [5.74, 6) is 0.706. The van der Waals surface area contributed by atoms with E-state index in [1.165, 1.54) is 19.3 Å². The van der Waals surface area contributed by atoms with E-state index in [4.69, 9.17) is 23.2 Å². The zero-order valence-electron chi connectivity index (χ0n) is 17.4. The second kappa shape index (κ2) is 7.99. The predicted octanol–water partition coefficient (Wildman–Crippen LogP) is 6.27. The first-order chi connectivity index (χ1) is 15.0. The molecule has 0 bridgehead atoms. The number of carbonyl (C=O) groups is 1. The van der Waals surface area contributed by atoms with Gasteiger partial charge in [-0.05, 0) is 47.9 Å². The molecule has 1 amide bonds. The molecule has 0 unspecified atom stereocenters. The van der Waals surface area contributed by atoms with Gasteiger partial charge in [0.1, 0.15) is 0 Å². The van der Waals surface area contributed by atoms with Crippen LogP contribution in [0.15, 0.2) is 53.8 Å². The number of para-hydroxylation sites is 1. The van der Waals surface area contributed by atoms with Gasteiger partial charge in [0.25, 0.3) is 0 Å². The fraction of sp³-hybridized carbons (Fsp3) is 0.360. The van der Waals surface area contributed by atoms with Gasteiger partial charge in [-0.25, -0.2) is 5.43 Å². The average molecular weight is 454 g/mol. The van der Waals surface area contributed by atoms with Crippen LogP contribution >= 0.6 is 23.2 Å². The molecule has 31 heavy (non-hydrogen) atoms. The number of benzene rings is 2. The molecule has 0 aliphatic heterocycles. The molecule has 0 radical (unpaired) electrons. The van der Waals surface area contributed by atoms with Gasteiger partial charge in [0.2, 0.25) is 5.91 Å². The van der Waals surface area contributed by atoms with Crippen LogP contribution in [0.1, 0.15) is 43.7 Å². The van der Waals surface area contributed by atoms with Gasteiger partial charge in [-0.3, -0.25) is 4.79 Å². The topological polar surface area (TPSA) is 46.4 Å². The van der Waals surface area contributed by atoms with E-state index in [-0.39, 0.29) is 17.2 Å². The number of nitrogens with zero attached hydrogens (tertiary/aromatic N) is 2. The molecule has 0 saturated heterocycles. The van der Waals surface area contributed by atoms with Crippen molar-refractivity contribution in [1.29, 1.82) is 0 Å². The third-order valence-electron chi connectivity index (χ3n) is 7.15. The Morgan fingerprint density at radius 2 is 2.06 bits per heavy atom. The van der Waals surface area contributed by atoms with Crippen LogP contribution in [0.5, 0.6) is 0 Å². The van der Waals surface area contributed by atoms with Crippen LogP contribution in [0.3, 0.4) is 0 Å². The summed E-state index contributed by atoms with van der Waals surface area (Å²) in [6.07, 6.45) is 8.60. The van der Waals surface area contributed by atoms with Gasteiger partial charge in [-0.15, -0.1) is 0 Å². The summed E-state index contributed by atoms with van der Waals surface area (Å²) in [5, 5.41) is 6.50. The minimum atomic E-state index is 0.0604. The van der Waals surface area contributed by atoms with Crippen molar-refractivity contribution in [3.63, 3.8) is 0 Å². The smallest absolute Gasteiger partial charge is 0.244 e. The fourth-order valence-electron chi connectivity index (χ4n) is 5.43. The number of carbonyl (C=O) groups excluding carboxylic acids is 1. The lowest BCUT2D eigenvalue weighted by Gasteiger charge is -2.15. The summed E-state index contributed by atoms with van der Waals surface area (Å²) in [7, 11) is 0. The maximum Gasteiger partial charge on any atom is 0.244 e. The molecule has 3 aromatic rings. The Morgan fingerprint density at radius 1 is 1.23 bits per heavy atom. The summed E-state index contributed by atoms with van der Waals surface area (Å²) in [6.45, 7) is 2.92. The number of hydrogen-bond acceptors (Lipinski definition) is 2. The fourth-order valence-corrected chi connectivity index (χ4v) is 5.75. The first-order valence-electron chi connectivity index (χ1n) is 10.8. The second-order valence-corrected chi connectivity index (χ2v) is 9.86. The molecule has 2 aliphatic rings. The Labute approximate surface area is 192 Å². The molecule has 2 saturated carbocycles. The zero-order valence-corrected chi connectivity index (χ0v) is 19.0. The highest BCUT2D eigenvalue weighted by Crippen LogP contribution is 2.66. The molecule has 3 atom stereocenters. The third kappa shape index (κ3) is 3.77. The highest BCUT2D eigenvalue weighted by Gasteiger charge is 2.64. The molecular weight excluding hydrogens is 429 g/mol. The number of hydrogen-bond donors (Lipinski definition) is 1. The third-order valence-corrected chi connectivity index (χ3v) is 7.89. The normalized spacial score (nSPS) is 25.0. The van der Waals surface area contributed by atoms with Crippen LogP contribution in [-0.4, -0.2) is 16.7 Å². The lowest BCUT2D eigenvalue weighted by atomic mass is 9.90. The minimum Gasteiger partial charge on any atom is -0.342 e. The van der Waals surface area contributed by atoms with Gasteiger partial charge in [-0.2, -0.15) is 5.10 Å². The van der Waals surface area contributed by atoms with Crippen LogP contribution in [0.25, 0.3) is 10.9 Å². The van der Waals surface area contributed by atoms with Crippen molar-refractivity contribution in [2.24, 2.45) is 22.4 Å². The van der Waals surface area contributed by atoms with Gasteiger partial charge >= 0.3 is 0 Å². The van der Waals surface area contributed by atoms with Crippen molar-refractivity contribution in [3.05, 3.63) is 69.8 Å². The van der Waals surface area contributed by atoms with E-state index in [1.54, 1.807) is 6.21 Å². The van der Waals surface area contributed by atoms with E-state index in [0.29, 0.717) is 22.5 Å². The van der Waals surface area contributed by atoms with Crippen LogP contribution < -0.4 is 5.43 Å². The Hall–Kier alpha value is -2.30. The molecule has 0 spiro atoms. The second-order valence-electron chi connectivity index (χ2n) is 9.05. The molecule has 5 rings (SSSR count). The van der Waals surface area contributed by atoms with Gasteiger partial charge in [0, 0.05) is 35.1 Å². The highest BCUT2D eigenvalue weighted by molar-refractivity contribution is 6.42. The summed E-state index contributed by atoms with van der Waals surface area (Å²) in [6, 6.07) is 13.9. The van der Waals surface area contributed by atoms with Crippen LogP contribution in [-0.2, 0) is 11.3 Å². The molecule has 160 valence electrons. The Bertz CT molecular complexity index is 1180. The Balaban J connectivity index is 1.34. The molecule has 6 heteroatoms. The lowest BCUT2D eigenvalue weighted by molar-refractivity contribution is -0.123. The van der Waals surface area contributed by atoms with Crippen molar-refractivity contribution in [2.45, 2.75) is 39.2 Å².